The summed E-state index contributed by atoms with van der Waals surface area (Å²) >= 11 is 1.23. The maximum atomic E-state index is 13.5. The highest BCUT2D eigenvalue weighted by Gasteiger charge is 2.33. The van der Waals surface area contributed by atoms with Crippen LogP contribution in [0.5, 0.6) is 0 Å². The lowest BCUT2D eigenvalue weighted by Gasteiger charge is -2.31. The number of nitrogens with zero attached hydrogens (tertiary/aromatic N) is 3. The predicted octanol–water partition coefficient (Wildman–Crippen LogP) is 3.60. The number of thiazole rings is 1. The predicted molar refractivity (Wildman–Crippen MR) is 130 cm³/mol. The van der Waals surface area contributed by atoms with E-state index in [0.717, 1.165) is 36.2 Å². The fraction of sp³-hybridized carbons (Fsp3) is 0.583. The molecule has 1 aliphatic heterocycles. The Balaban J connectivity index is 1.67. The Labute approximate surface area is 198 Å². The van der Waals surface area contributed by atoms with Crippen LogP contribution >= 0.6 is 11.3 Å². The van der Waals surface area contributed by atoms with Gasteiger partial charge in [0.2, 0.25) is 0 Å². The highest BCUT2D eigenvalue weighted by molar-refractivity contribution is 7.17. The van der Waals surface area contributed by atoms with Gasteiger partial charge >= 0.3 is 0 Å². The van der Waals surface area contributed by atoms with Gasteiger partial charge in [0.15, 0.2) is 5.01 Å². The molecule has 9 heteroatoms. The topological polar surface area (TPSA) is 107 Å². The Hall–Kier alpha value is -2.52. The van der Waals surface area contributed by atoms with E-state index in [1.54, 1.807) is 6.20 Å². The van der Waals surface area contributed by atoms with Crippen molar-refractivity contribution in [3.05, 3.63) is 28.5 Å². The van der Waals surface area contributed by atoms with E-state index in [0.29, 0.717) is 36.0 Å². The summed E-state index contributed by atoms with van der Waals surface area (Å²) in [7, 11) is 0. The number of aromatic nitrogens is 2. The lowest BCUT2D eigenvalue weighted by molar-refractivity contribution is 0.0562. The largest absolute Gasteiger partial charge is 0.393 e. The van der Waals surface area contributed by atoms with Crippen LogP contribution in [0.15, 0.2) is 12.3 Å². The molecule has 2 aromatic heterocycles. The maximum absolute atomic E-state index is 13.5. The van der Waals surface area contributed by atoms with Crippen molar-refractivity contribution in [1.29, 1.82) is 0 Å². The highest BCUT2D eigenvalue weighted by Crippen LogP contribution is 2.35. The minimum atomic E-state index is -0.354. The van der Waals surface area contributed by atoms with E-state index in [1.807, 2.05) is 17.9 Å². The van der Waals surface area contributed by atoms with E-state index < -0.39 is 0 Å². The van der Waals surface area contributed by atoms with E-state index in [-0.39, 0.29) is 35.0 Å². The number of nitrogens with one attached hydrogen (secondary N) is 2. The van der Waals surface area contributed by atoms with Crippen LogP contribution in [0.2, 0.25) is 0 Å². The molecular formula is C24H33N5O3S. The van der Waals surface area contributed by atoms with Gasteiger partial charge < -0.3 is 20.6 Å². The van der Waals surface area contributed by atoms with Crippen molar-refractivity contribution >= 4 is 29.0 Å². The van der Waals surface area contributed by atoms with Crippen LogP contribution in [0.4, 0.5) is 5.82 Å². The Morgan fingerprint density at radius 3 is 2.73 bits per heavy atom. The number of carbonyl (C=O) groups excluding carboxylic acids is 2. The molecule has 0 bridgehead atoms. The van der Waals surface area contributed by atoms with E-state index in [9.17, 15) is 14.7 Å². The zero-order valence-corrected chi connectivity index (χ0v) is 20.5. The zero-order chi connectivity index (χ0) is 23.7. The minimum Gasteiger partial charge on any atom is -0.393 e. The molecule has 2 aliphatic rings. The van der Waals surface area contributed by atoms with Gasteiger partial charge in [-0.3, -0.25) is 9.59 Å². The summed E-state index contributed by atoms with van der Waals surface area (Å²) in [5.41, 5.74) is 2.10. The number of carbonyl (C=O) groups is 2. The standard InChI is InChI=1S/C24H33N5O3S/c1-5-14(3)26-19-9-13(2)18(12-25-19)21-20(24(32)29-8-6-7-15(29)4)28-23(33-21)22(31)27-16-10-17(30)11-16/h9,12,14-17,30H,5-8,10-11H2,1-4H3,(H,25,26)(H,27,31)/t14-,15-,16-,17-/m0/s1. The molecule has 1 aliphatic carbocycles. The van der Waals surface area contributed by atoms with Crippen molar-refractivity contribution in [2.75, 3.05) is 11.9 Å². The summed E-state index contributed by atoms with van der Waals surface area (Å²) in [4.78, 5) is 37.9. The van der Waals surface area contributed by atoms with Gasteiger partial charge in [0.1, 0.15) is 11.5 Å². The van der Waals surface area contributed by atoms with Crippen LogP contribution in [-0.2, 0) is 0 Å². The number of hydrogen-bond donors (Lipinski definition) is 3. The summed E-state index contributed by atoms with van der Waals surface area (Å²) in [5, 5.41) is 16.1. The van der Waals surface area contributed by atoms with Gasteiger partial charge in [0, 0.05) is 36.4 Å². The number of rotatable bonds is 7. The first-order valence-electron chi connectivity index (χ1n) is 11.8. The lowest BCUT2D eigenvalue weighted by atomic mass is 9.89. The maximum Gasteiger partial charge on any atom is 0.280 e. The van der Waals surface area contributed by atoms with Gasteiger partial charge in [-0.2, -0.15) is 0 Å². The SMILES string of the molecule is CC[C@H](C)Nc1cc(C)c(-c2sc(C(=O)N[C@H]3C[C@H](O)C3)nc2C(=O)N2CCC[C@@H]2C)cn1. The molecule has 8 nitrogen and oxygen atoms in total. The van der Waals surface area contributed by atoms with Crippen molar-refractivity contribution in [3.8, 4) is 10.4 Å². The van der Waals surface area contributed by atoms with Crippen molar-refractivity contribution < 1.29 is 14.7 Å². The van der Waals surface area contributed by atoms with Gasteiger partial charge in [-0.15, -0.1) is 11.3 Å². The van der Waals surface area contributed by atoms with Crippen LogP contribution in [0.3, 0.4) is 0 Å². The highest BCUT2D eigenvalue weighted by atomic mass is 32.1. The lowest BCUT2D eigenvalue weighted by Crippen LogP contribution is -2.46. The van der Waals surface area contributed by atoms with E-state index in [2.05, 4.69) is 41.4 Å². The summed E-state index contributed by atoms with van der Waals surface area (Å²) < 4.78 is 0. The Morgan fingerprint density at radius 1 is 1.36 bits per heavy atom. The molecule has 4 rings (SSSR count). The smallest absolute Gasteiger partial charge is 0.280 e. The number of aliphatic hydroxyl groups is 1. The van der Waals surface area contributed by atoms with E-state index >= 15 is 0 Å². The quantitative estimate of drug-likeness (QED) is 0.570. The van der Waals surface area contributed by atoms with Gasteiger partial charge in [0.25, 0.3) is 11.8 Å². The van der Waals surface area contributed by atoms with Crippen LogP contribution in [0, 0.1) is 6.92 Å². The summed E-state index contributed by atoms with van der Waals surface area (Å²) in [5.74, 6) is 0.357. The number of aliphatic hydroxyl groups excluding tert-OH is 1. The van der Waals surface area contributed by atoms with E-state index in [4.69, 9.17) is 0 Å². The van der Waals surface area contributed by atoms with Crippen LogP contribution in [0.25, 0.3) is 10.4 Å². The molecule has 0 radical (unpaired) electrons. The minimum absolute atomic E-state index is 0.0491. The summed E-state index contributed by atoms with van der Waals surface area (Å²) in [6, 6.07) is 2.39. The normalized spacial score (nSPS) is 23.2. The number of anilines is 1. The van der Waals surface area contributed by atoms with E-state index in [1.165, 1.54) is 11.3 Å². The molecule has 178 valence electrons. The molecule has 1 saturated carbocycles. The number of amides is 2. The molecule has 3 heterocycles. The molecule has 0 unspecified atom stereocenters. The van der Waals surface area contributed by atoms with Gasteiger partial charge in [-0.05, 0) is 64.5 Å². The molecule has 1 saturated heterocycles. The third-order valence-corrected chi connectivity index (χ3v) is 7.74. The van der Waals surface area contributed by atoms with Crippen LogP contribution in [0.1, 0.15) is 78.7 Å². The third-order valence-electron chi connectivity index (χ3n) is 6.65. The molecule has 2 atom stereocenters. The molecule has 2 aromatic rings. The number of pyridine rings is 1. The number of likely N-dealkylation sites (tertiary alicyclic amines) is 1. The molecule has 33 heavy (non-hydrogen) atoms. The van der Waals surface area contributed by atoms with Crippen molar-refractivity contribution in [1.82, 2.24) is 20.2 Å². The molecule has 2 amide bonds. The van der Waals surface area contributed by atoms with Gasteiger partial charge in [-0.25, -0.2) is 9.97 Å². The van der Waals surface area contributed by atoms with Crippen molar-refractivity contribution in [3.63, 3.8) is 0 Å². The molecule has 2 fully saturated rings. The first kappa shape index (κ1) is 23.6. The van der Waals surface area contributed by atoms with Crippen molar-refractivity contribution in [2.24, 2.45) is 0 Å². The van der Waals surface area contributed by atoms with Crippen LogP contribution in [-0.4, -0.2) is 62.6 Å². The first-order chi connectivity index (χ1) is 15.8. The molecule has 0 spiro atoms. The third kappa shape index (κ3) is 5.04. The van der Waals surface area contributed by atoms with Crippen molar-refractivity contribution in [2.45, 2.75) is 84.0 Å². The second kappa shape index (κ2) is 9.77. The Kier molecular flexibility index (Phi) is 6.99. The zero-order valence-electron chi connectivity index (χ0n) is 19.7. The fourth-order valence-electron chi connectivity index (χ4n) is 4.30. The molecular weight excluding hydrogens is 438 g/mol. The molecule has 3 N–H and O–H groups in total. The number of hydrogen-bond acceptors (Lipinski definition) is 7. The summed E-state index contributed by atoms with van der Waals surface area (Å²) in [6.45, 7) is 8.96. The number of aryl methyl sites for hydroxylation is 1. The summed E-state index contributed by atoms with van der Waals surface area (Å²) in [6.07, 6.45) is 5.44. The molecule has 0 aromatic carbocycles. The second-order valence-corrected chi connectivity index (χ2v) is 10.3. The van der Waals surface area contributed by atoms with Gasteiger partial charge in [-0.1, -0.05) is 6.92 Å². The monoisotopic (exact) mass is 471 g/mol. The van der Waals surface area contributed by atoms with Crippen LogP contribution < -0.4 is 10.6 Å². The average molecular weight is 472 g/mol. The first-order valence-corrected chi connectivity index (χ1v) is 12.6. The van der Waals surface area contributed by atoms with Gasteiger partial charge in [0.05, 0.1) is 11.0 Å². The average Bonchev–Trinajstić information content (AvgIpc) is 3.39. The second-order valence-electron chi connectivity index (χ2n) is 9.32. The Bertz CT molecular complexity index is 1030. The fourth-order valence-corrected chi connectivity index (χ4v) is 5.33. The Morgan fingerprint density at radius 2 is 2.12 bits per heavy atom.